The first-order chi connectivity index (χ1) is 8.56. The van der Waals surface area contributed by atoms with Crippen molar-refractivity contribution in [1.29, 1.82) is 0 Å². The molecule has 2 aromatic rings. The van der Waals surface area contributed by atoms with E-state index in [2.05, 4.69) is 0 Å². The van der Waals surface area contributed by atoms with Crippen molar-refractivity contribution in [2.45, 2.75) is 19.4 Å². The molecule has 0 fully saturated rings. The second-order valence-corrected chi connectivity index (χ2v) is 4.89. The van der Waals surface area contributed by atoms with Gasteiger partial charge in [-0.1, -0.05) is 35.9 Å². The lowest BCUT2D eigenvalue weighted by atomic mass is 10.0. The van der Waals surface area contributed by atoms with Crippen LogP contribution in [0.5, 0.6) is 0 Å². The molecular formula is C15H16ClNO. The fraction of sp³-hybridized carbons (Fsp3) is 0.200. The quantitative estimate of drug-likeness (QED) is 0.831. The van der Waals surface area contributed by atoms with Gasteiger partial charge in [0.05, 0.1) is 6.10 Å². The number of benzene rings is 2. The maximum absolute atomic E-state index is 10.2. The summed E-state index contributed by atoms with van der Waals surface area (Å²) in [5.41, 5.74) is 9.22. The summed E-state index contributed by atoms with van der Waals surface area (Å²) in [5, 5.41) is 10.9. The molecule has 94 valence electrons. The van der Waals surface area contributed by atoms with E-state index in [1.54, 1.807) is 12.1 Å². The highest BCUT2D eigenvalue weighted by atomic mass is 35.5. The van der Waals surface area contributed by atoms with Crippen LogP contribution >= 0.6 is 11.6 Å². The summed E-state index contributed by atoms with van der Waals surface area (Å²) < 4.78 is 0. The Balaban J connectivity index is 2.18. The van der Waals surface area contributed by atoms with E-state index in [0.29, 0.717) is 17.1 Å². The first-order valence-electron chi connectivity index (χ1n) is 5.85. The van der Waals surface area contributed by atoms with Gasteiger partial charge in [-0.25, -0.2) is 0 Å². The van der Waals surface area contributed by atoms with Gasteiger partial charge >= 0.3 is 0 Å². The third-order valence-corrected chi connectivity index (χ3v) is 3.27. The maximum atomic E-state index is 10.2. The number of hydrogen-bond acceptors (Lipinski definition) is 2. The third kappa shape index (κ3) is 3.03. The monoisotopic (exact) mass is 261 g/mol. The van der Waals surface area contributed by atoms with Crippen LogP contribution in [-0.4, -0.2) is 5.11 Å². The Bertz CT molecular complexity index is 554. The van der Waals surface area contributed by atoms with E-state index in [9.17, 15) is 5.11 Å². The molecule has 18 heavy (non-hydrogen) atoms. The largest absolute Gasteiger partial charge is 0.399 e. The highest BCUT2D eigenvalue weighted by Crippen LogP contribution is 2.25. The predicted octanol–water partition coefficient (Wildman–Crippen LogP) is 3.51. The van der Waals surface area contributed by atoms with Gasteiger partial charge in [0, 0.05) is 17.1 Å². The van der Waals surface area contributed by atoms with Crippen molar-refractivity contribution in [3.63, 3.8) is 0 Å². The van der Waals surface area contributed by atoms with Crippen molar-refractivity contribution in [2.24, 2.45) is 0 Å². The molecule has 3 heteroatoms. The summed E-state index contributed by atoms with van der Waals surface area (Å²) in [4.78, 5) is 0. The van der Waals surface area contributed by atoms with Gasteiger partial charge in [0.2, 0.25) is 0 Å². The Morgan fingerprint density at radius 1 is 1.22 bits per heavy atom. The lowest BCUT2D eigenvalue weighted by Crippen LogP contribution is -2.03. The zero-order valence-corrected chi connectivity index (χ0v) is 11.0. The van der Waals surface area contributed by atoms with Crippen LogP contribution in [0.1, 0.15) is 22.8 Å². The minimum atomic E-state index is -0.589. The van der Waals surface area contributed by atoms with Crippen molar-refractivity contribution in [3.05, 3.63) is 64.2 Å². The van der Waals surface area contributed by atoms with Crippen LogP contribution in [0.2, 0.25) is 5.02 Å². The van der Waals surface area contributed by atoms with Gasteiger partial charge < -0.3 is 10.8 Å². The number of aliphatic hydroxyl groups is 1. The first kappa shape index (κ1) is 12.9. The molecule has 1 unspecified atom stereocenters. The van der Waals surface area contributed by atoms with Gasteiger partial charge in [0.15, 0.2) is 0 Å². The summed E-state index contributed by atoms with van der Waals surface area (Å²) in [5.74, 6) is 0. The van der Waals surface area contributed by atoms with Crippen molar-refractivity contribution >= 4 is 17.3 Å². The molecule has 0 amide bonds. The van der Waals surface area contributed by atoms with Gasteiger partial charge in [-0.15, -0.1) is 0 Å². The third-order valence-electron chi connectivity index (χ3n) is 2.92. The van der Waals surface area contributed by atoms with Crippen molar-refractivity contribution in [1.82, 2.24) is 0 Å². The molecule has 0 heterocycles. The molecule has 0 spiro atoms. The van der Waals surface area contributed by atoms with E-state index >= 15 is 0 Å². The molecule has 0 aromatic heterocycles. The topological polar surface area (TPSA) is 46.2 Å². The Morgan fingerprint density at radius 3 is 2.67 bits per heavy atom. The Kier molecular flexibility index (Phi) is 3.90. The molecule has 2 aromatic carbocycles. The van der Waals surface area contributed by atoms with Crippen molar-refractivity contribution in [2.75, 3.05) is 5.73 Å². The summed E-state index contributed by atoms with van der Waals surface area (Å²) in [6.45, 7) is 1.99. The SMILES string of the molecule is Cc1ccc(CC(O)c2cccc(N)c2)c(Cl)c1. The molecule has 2 rings (SSSR count). The molecular weight excluding hydrogens is 246 g/mol. The van der Waals surface area contributed by atoms with Crippen molar-refractivity contribution in [3.8, 4) is 0 Å². The summed E-state index contributed by atoms with van der Waals surface area (Å²) in [6, 6.07) is 13.1. The van der Waals surface area contributed by atoms with Gasteiger partial charge in [0.1, 0.15) is 0 Å². The highest BCUT2D eigenvalue weighted by molar-refractivity contribution is 6.31. The van der Waals surface area contributed by atoms with Crippen LogP contribution < -0.4 is 5.73 Å². The predicted molar refractivity (Wildman–Crippen MR) is 75.7 cm³/mol. The van der Waals surface area contributed by atoms with Crippen molar-refractivity contribution < 1.29 is 5.11 Å². The summed E-state index contributed by atoms with van der Waals surface area (Å²) in [7, 11) is 0. The standard InChI is InChI=1S/C15H16ClNO/c1-10-5-6-11(14(16)7-10)9-15(18)12-3-2-4-13(17)8-12/h2-8,15,18H,9,17H2,1H3. The first-order valence-corrected chi connectivity index (χ1v) is 6.22. The van der Waals surface area contributed by atoms with Gasteiger partial charge in [0.25, 0.3) is 0 Å². The number of nitrogen functional groups attached to an aromatic ring is 1. The van der Waals surface area contributed by atoms with E-state index in [-0.39, 0.29) is 0 Å². The van der Waals surface area contributed by atoms with Crippen LogP contribution in [-0.2, 0) is 6.42 Å². The van der Waals surface area contributed by atoms with Crippen LogP contribution in [0.25, 0.3) is 0 Å². The smallest absolute Gasteiger partial charge is 0.0831 e. The number of aryl methyl sites for hydroxylation is 1. The van der Waals surface area contributed by atoms with Crippen LogP contribution in [0.4, 0.5) is 5.69 Å². The van der Waals surface area contributed by atoms with Crippen LogP contribution in [0, 0.1) is 6.92 Å². The number of nitrogens with two attached hydrogens (primary N) is 1. The number of rotatable bonds is 3. The number of halogens is 1. The second-order valence-electron chi connectivity index (χ2n) is 4.48. The average Bonchev–Trinajstić information content (AvgIpc) is 2.32. The lowest BCUT2D eigenvalue weighted by molar-refractivity contribution is 0.178. The zero-order valence-electron chi connectivity index (χ0n) is 10.2. The molecule has 0 aliphatic rings. The number of aliphatic hydroxyl groups excluding tert-OH is 1. The van der Waals surface area contributed by atoms with E-state index < -0.39 is 6.10 Å². The second kappa shape index (κ2) is 5.42. The fourth-order valence-electron chi connectivity index (χ4n) is 1.91. The minimum absolute atomic E-state index is 0.489. The van der Waals surface area contributed by atoms with Crippen LogP contribution in [0.3, 0.4) is 0 Å². The van der Waals surface area contributed by atoms with E-state index in [4.69, 9.17) is 17.3 Å². The number of anilines is 1. The van der Waals surface area contributed by atoms with Crippen LogP contribution in [0.15, 0.2) is 42.5 Å². The number of hydrogen-bond donors (Lipinski definition) is 2. The molecule has 0 aliphatic heterocycles. The molecule has 2 nitrogen and oxygen atoms in total. The zero-order chi connectivity index (χ0) is 13.1. The molecule has 3 N–H and O–H groups in total. The molecule has 1 atom stereocenters. The summed E-state index contributed by atoms with van der Waals surface area (Å²) in [6.07, 6.45) is -0.101. The Morgan fingerprint density at radius 2 is 2.00 bits per heavy atom. The molecule has 0 bridgehead atoms. The lowest BCUT2D eigenvalue weighted by Gasteiger charge is -2.13. The summed E-state index contributed by atoms with van der Waals surface area (Å²) >= 11 is 6.16. The van der Waals surface area contributed by atoms with E-state index in [1.165, 1.54) is 0 Å². The van der Waals surface area contributed by atoms with Gasteiger partial charge in [-0.3, -0.25) is 0 Å². The normalized spacial score (nSPS) is 12.4. The van der Waals surface area contributed by atoms with E-state index in [1.807, 2.05) is 37.3 Å². The Labute approximate surface area is 112 Å². The Hall–Kier alpha value is -1.51. The van der Waals surface area contributed by atoms with Gasteiger partial charge in [-0.2, -0.15) is 0 Å². The molecule has 0 aliphatic carbocycles. The average molecular weight is 262 g/mol. The molecule has 0 saturated heterocycles. The molecule has 0 saturated carbocycles. The van der Waals surface area contributed by atoms with E-state index in [0.717, 1.165) is 16.7 Å². The molecule has 0 radical (unpaired) electrons. The fourth-order valence-corrected chi connectivity index (χ4v) is 2.22. The highest BCUT2D eigenvalue weighted by Gasteiger charge is 2.11. The minimum Gasteiger partial charge on any atom is -0.399 e. The maximum Gasteiger partial charge on any atom is 0.0831 e. The van der Waals surface area contributed by atoms with Gasteiger partial charge in [-0.05, 0) is 41.8 Å².